The number of benzene rings is 3. The van der Waals surface area contributed by atoms with Gasteiger partial charge in [0.25, 0.3) is 0 Å². The third-order valence-electron chi connectivity index (χ3n) is 6.16. The van der Waals surface area contributed by atoms with E-state index in [1.54, 1.807) is 0 Å². The molecule has 1 fully saturated rings. The Labute approximate surface area is 218 Å². The zero-order valence-corrected chi connectivity index (χ0v) is 23.1. The smallest absolute Gasteiger partial charge is 0.239 e. The molecule has 4 rings (SSSR count). The lowest BCUT2D eigenvalue weighted by Gasteiger charge is -2.28. The van der Waals surface area contributed by atoms with Crippen LogP contribution in [0.1, 0.15) is 41.0 Å². The molecule has 0 aromatic heterocycles. The standard InChI is InChI=1S/C18H15P.C13H25N3O/c1-4-10-16(11-5-1)19(17-12-6-2-7-13-17)18-14-8-3-9-15-18;1-8(2)6-11-13(15-10(5)9(3)4)16-12(17)7-14-11/h1-15H;8-11,14H,6-7H2,1-5H3,(H,15,16,17)/t;10-,11+/m.1/s1. The third kappa shape index (κ3) is 8.40. The van der Waals surface area contributed by atoms with Crippen molar-refractivity contribution in [2.45, 2.75) is 53.1 Å². The molecule has 3 aromatic carbocycles. The maximum Gasteiger partial charge on any atom is 0.239 e. The van der Waals surface area contributed by atoms with Crippen LogP contribution < -0.4 is 26.5 Å². The van der Waals surface area contributed by atoms with Gasteiger partial charge in [0.05, 0.1) is 18.6 Å². The van der Waals surface area contributed by atoms with Gasteiger partial charge in [0, 0.05) is 0 Å². The summed E-state index contributed by atoms with van der Waals surface area (Å²) in [5.74, 6) is 1.90. The Morgan fingerprint density at radius 2 is 1.22 bits per heavy atom. The molecule has 1 amide bonds. The van der Waals surface area contributed by atoms with E-state index in [0.29, 0.717) is 18.4 Å². The molecule has 2 atom stereocenters. The van der Waals surface area contributed by atoms with Gasteiger partial charge in [-0.05, 0) is 49.0 Å². The summed E-state index contributed by atoms with van der Waals surface area (Å²) in [4.78, 5) is 16.0. The van der Waals surface area contributed by atoms with Crippen molar-refractivity contribution in [3.8, 4) is 0 Å². The van der Waals surface area contributed by atoms with Crippen molar-refractivity contribution < 1.29 is 4.79 Å². The molecule has 0 bridgehead atoms. The molecule has 0 aliphatic carbocycles. The Morgan fingerprint density at radius 1 is 0.778 bits per heavy atom. The second-order valence-electron chi connectivity index (χ2n) is 9.95. The number of hydrogen-bond acceptors (Lipinski definition) is 3. The molecule has 5 heteroatoms. The van der Waals surface area contributed by atoms with Crippen LogP contribution in [-0.4, -0.2) is 30.4 Å². The van der Waals surface area contributed by atoms with Gasteiger partial charge < -0.3 is 5.32 Å². The molecule has 0 spiro atoms. The summed E-state index contributed by atoms with van der Waals surface area (Å²) in [6, 6.07) is 32.8. The molecule has 0 unspecified atom stereocenters. The maximum absolute atomic E-state index is 11.4. The van der Waals surface area contributed by atoms with Crippen molar-refractivity contribution in [2.24, 2.45) is 16.8 Å². The van der Waals surface area contributed by atoms with Gasteiger partial charge >= 0.3 is 0 Å². The average Bonchev–Trinajstić information content (AvgIpc) is 2.88. The van der Waals surface area contributed by atoms with Crippen LogP contribution in [0.2, 0.25) is 0 Å². The number of rotatable bonds is 7. The van der Waals surface area contributed by atoms with Crippen molar-refractivity contribution in [3.05, 3.63) is 91.0 Å². The van der Waals surface area contributed by atoms with Crippen LogP contribution in [0.25, 0.3) is 0 Å². The summed E-state index contributed by atoms with van der Waals surface area (Å²) in [5.41, 5.74) is 0. The Kier molecular flexibility index (Phi) is 10.8. The minimum atomic E-state index is -0.446. The van der Waals surface area contributed by atoms with E-state index in [-0.39, 0.29) is 18.0 Å². The first-order chi connectivity index (χ1) is 17.3. The molecule has 1 aliphatic rings. The molecular weight excluding hydrogens is 461 g/mol. The molecule has 0 saturated carbocycles. The van der Waals surface area contributed by atoms with Gasteiger partial charge in [-0.1, -0.05) is 119 Å². The second kappa shape index (κ2) is 14.1. The number of aliphatic imine (C=N–C) groups is 1. The van der Waals surface area contributed by atoms with Gasteiger partial charge in [-0.3, -0.25) is 15.1 Å². The highest BCUT2D eigenvalue weighted by Gasteiger charge is 2.25. The van der Waals surface area contributed by atoms with E-state index in [9.17, 15) is 4.79 Å². The Balaban J connectivity index is 0.000000202. The van der Waals surface area contributed by atoms with Crippen LogP contribution in [0, 0.1) is 11.8 Å². The largest absolute Gasteiger partial charge is 0.312 e. The molecule has 3 aromatic rings. The van der Waals surface area contributed by atoms with E-state index >= 15 is 0 Å². The van der Waals surface area contributed by atoms with E-state index < -0.39 is 7.92 Å². The van der Waals surface area contributed by atoms with Gasteiger partial charge in [-0.15, -0.1) is 0 Å². The van der Waals surface area contributed by atoms with Gasteiger partial charge in [-0.25, -0.2) is 0 Å². The number of nitrogens with zero attached hydrogens (tertiary/aromatic N) is 1. The molecule has 2 N–H and O–H groups in total. The van der Waals surface area contributed by atoms with Gasteiger partial charge in [0.15, 0.2) is 0 Å². The first-order valence-corrected chi connectivity index (χ1v) is 14.3. The molecule has 0 radical (unpaired) electrons. The van der Waals surface area contributed by atoms with Gasteiger partial charge in [0.2, 0.25) is 5.91 Å². The summed E-state index contributed by atoms with van der Waals surface area (Å²) < 4.78 is 0. The van der Waals surface area contributed by atoms with Crippen LogP contribution >= 0.6 is 7.92 Å². The zero-order chi connectivity index (χ0) is 25.9. The van der Waals surface area contributed by atoms with Gasteiger partial charge in [0.1, 0.15) is 5.84 Å². The van der Waals surface area contributed by atoms with Crippen molar-refractivity contribution >= 4 is 35.6 Å². The van der Waals surface area contributed by atoms with Crippen LogP contribution in [0.3, 0.4) is 0 Å². The van der Waals surface area contributed by atoms with Crippen LogP contribution in [-0.2, 0) is 4.79 Å². The highest BCUT2D eigenvalue weighted by molar-refractivity contribution is 7.79. The van der Waals surface area contributed by atoms with Crippen LogP contribution in [0.5, 0.6) is 0 Å². The summed E-state index contributed by atoms with van der Waals surface area (Å²) >= 11 is 0. The van der Waals surface area contributed by atoms with Crippen molar-refractivity contribution in [1.29, 1.82) is 0 Å². The third-order valence-corrected chi connectivity index (χ3v) is 8.61. The second-order valence-corrected chi connectivity index (χ2v) is 12.2. The van der Waals surface area contributed by atoms with E-state index in [1.807, 2.05) is 0 Å². The topological polar surface area (TPSA) is 53.5 Å². The lowest BCUT2D eigenvalue weighted by molar-refractivity contribution is -0.119. The first-order valence-electron chi connectivity index (χ1n) is 12.9. The summed E-state index contributed by atoms with van der Waals surface area (Å²) in [7, 11) is -0.446. The average molecular weight is 502 g/mol. The minimum absolute atomic E-state index is 0.0136. The fraction of sp³-hybridized carbons (Fsp3) is 0.355. The van der Waals surface area contributed by atoms with Crippen molar-refractivity contribution in [1.82, 2.24) is 10.6 Å². The summed E-state index contributed by atoms with van der Waals surface area (Å²) in [6.07, 6.45) is 1.00. The van der Waals surface area contributed by atoms with E-state index in [2.05, 4.69) is 141 Å². The SMILES string of the molecule is CC(C)C[C@@H]1NCC(=O)NC1=N[C@H](C)C(C)C.c1ccc(P(c2ccccc2)c2ccccc2)cc1. The molecule has 1 saturated heterocycles. The van der Waals surface area contributed by atoms with Crippen molar-refractivity contribution in [3.63, 3.8) is 0 Å². The van der Waals surface area contributed by atoms with Gasteiger partial charge in [-0.2, -0.15) is 0 Å². The molecule has 190 valence electrons. The number of carbonyl (C=O) groups excluding carboxylic acids is 1. The highest BCUT2D eigenvalue weighted by atomic mass is 31.1. The lowest BCUT2D eigenvalue weighted by atomic mass is 10.0. The molecule has 36 heavy (non-hydrogen) atoms. The maximum atomic E-state index is 11.4. The van der Waals surface area contributed by atoms with Crippen molar-refractivity contribution in [2.75, 3.05) is 6.54 Å². The minimum Gasteiger partial charge on any atom is -0.312 e. The first kappa shape index (κ1) is 27.8. The van der Waals surface area contributed by atoms with Crippen LogP contribution in [0.15, 0.2) is 96.0 Å². The molecular formula is C31H40N3OP. The molecule has 1 heterocycles. The normalized spacial score (nSPS) is 17.6. The fourth-order valence-corrected chi connectivity index (χ4v) is 6.23. The van der Waals surface area contributed by atoms with Crippen LogP contribution in [0.4, 0.5) is 0 Å². The number of hydrogen-bond donors (Lipinski definition) is 2. The summed E-state index contributed by atoms with van der Waals surface area (Å²) in [6.45, 7) is 11.1. The lowest BCUT2D eigenvalue weighted by Crippen LogP contribution is -2.56. The highest BCUT2D eigenvalue weighted by Crippen LogP contribution is 2.32. The molecule has 4 nitrogen and oxygen atoms in total. The molecule has 1 aliphatic heterocycles. The number of nitrogens with one attached hydrogen (secondary N) is 2. The Bertz CT molecular complexity index is 991. The zero-order valence-electron chi connectivity index (χ0n) is 22.2. The van der Waals surface area contributed by atoms with E-state index in [4.69, 9.17) is 0 Å². The predicted octanol–water partition coefficient (Wildman–Crippen LogP) is 5.01. The Hall–Kier alpha value is -2.81. The fourth-order valence-electron chi connectivity index (χ4n) is 3.92. The number of piperazine rings is 1. The Morgan fingerprint density at radius 3 is 1.61 bits per heavy atom. The number of amides is 1. The monoisotopic (exact) mass is 501 g/mol. The van der Waals surface area contributed by atoms with E-state index in [1.165, 1.54) is 15.9 Å². The summed E-state index contributed by atoms with van der Waals surface area (Å²) in [5, 5.41) is 10.4. The number of amidine groups is 1. The number of carbonyl (C=O) groups is 1. The quantitative estimate of drug-likeness (QED) is 0.448. The van der Waals surface area contributed by atoms with E-state index in [0.717, 1.165) is 12.3 Å². The predicted molar refractivity (Wildman–Crippen MR) is 156 cm³/mol.